The van der Waals surface area contributed by atoms with Gasteiger partial charge in [0.05, 0.1) is 5.69 Å². The zero-order valence-electron chi connectivity index (χ0n) is 15.3. The van der Waals surface area contributed by atoms with E-state index in [2.05, 4.69) is 15.5 Å². The summed E-state index contributed by atoms with van der Waals surface area (Å²) in [4.78, 5) is 25.0. The highest BCUT2D eigenvalue weighted by atomic mass is 16.6. The normalized spacial score (nSPS) is 16.1. The molecule has 7 nitrogen and oxygen atoms in total. The molecule has 1 aliphatic rings. The summed E-state index contributed by atoms with van der Waals surface area (Å²) in [7, 11) is 0. The van der Waals surface area contributed by atoms with Crippen LogP contribution >= 0.6 is 0 Å². The highest BCUT2D eigenvalue weighted by Gasteiger charge is 2.58. The molecule has 1 aliphatic carbocycles. The fraction of sp³-hybridized carbons (Fsp3) is 0.556. The van der Waals surface area contributed by atoms with E-state index in [1.54, 1.807) is 39.1 Å². The standard InChI is InChI=1S/C18H24N4O3/c1-11(2)14-21-20-13-7-6-12(10-22(13)14)19-15(23)18(8-9-18)16(24)25-17(3,4)5/h6-7,10-11H,8-9H2,1-5H3,(H,19,23). The highest BCUT2D eigenvalue weighted by Crippen LogP contribution is 2.48. The minimum absolute atomic E-state index is 0.206. The molecule has 2 heterocycles. The second-order valence-electron chi connectivity index (χ2n) is 7.90. The van der Waals surface area contributed by atoms with Crippen LogP contribution in [0.5, 0.6) is 0 Å². The van der Waals surface area contributed by atoms with Gasteiger partial charge in [0.15, 0.2) is 5.65 Å². The molecule has 1 amide bonds. The van der Waals surface area contributed by atoms with E-state index in [4.69, 9.17) is 4.74 Å². The van der Waals surface area contributed by atoms with E-state index in [9.17, 15) is 9.59 Å². The molecule has 1 N–H and O–H groups in total. The maximum Gasteiger partial charge on any atom is 0.322 e. The zero-order chi connectivity index (χ0) is 18.4. The van der Waals surface area contributed by atoms with Crippen LogP contribution in [0.1, 0.15) is 59.2 Å². The Morgan fingerprint density at radius 2 is 1.92 bits per heavy atom. The van der Waals surface area contributed by atoms with E-state index in [1.165, 1.54) is 0 Å². The molecule has 0 spiro atoms. The first-order valence-corrected chi connectivity index (χ1v) is 8.52. The van der Waals surface area contributed by atoms with Crippen molar-refractivity contribution in [3.8, 4) is 0 Å². The summed E-state index contributed by atoms with van der Waals surface area (Å²) in [6.07, 6.45) is 2.81. The van der Waals surface area contributed by atoms with Gasteiger partial charge in [0, 0.05) is 12.1 Å². The summed E-state index contributed by atoms with van der Waals surface area (Å²) in [5, 5.41) is 11.1. The van der Waals surface area contributed by atoms with Gasteiger partial charge in [-0.3, -0.25) is 14.0 Å². The molecule has 1 saturated carbocycles. The van der Waals surface area contributed by atoms with Crippen LogP contribution in [-0.2, 0) is 14.3 Å². The van der Waals surface area contributed by atoms with Gasteiger partial charge in [0.2, 0.25) is 5.91 Å². The Labute approximate surface area is 146 Å². The first-order chi connectivity index (χ1) is 11.6. The Morgan fingerprint density at radius 1 is 1.24 bits per heavy atom. The smallest absolute Gasteiger partial charge is 0.322 e. The Bertz CT molecular complexity index is 828. The van der Waals surface area contributed by atoms with Crippen molar-refractivity contribution in [1.29, 1.82) is 0 Å². The molecule has 3 rings (SSSR count). The molecule has 134 valence electrons. The number of rotatable bonds is 4. The average Bonchev–Trinajstić information content (AvgIpc) is 3.20. The first-order valence-electron chi connectivity index (χ1n) is 8.52. The topological polar surface area (TPSA) is 85.6 Å². The number of amides is 1. The van der Waals surface area contributed by atoms with Gasteiger partial charge in [-0.15, -0.1) is 10.2 Å². The van der Waals surface area contributed by atoms with Gasteiger partial charge in [-0.25, -0.2) is 0 Å². The van der Waals surface area contributed by atoms with Gasteiger partial charge in [-0.05, 0) is 45.7 Å². The molecule has 7 heteroatoms. The quantitative estimate of drug-likeness (QED) is 0.681. The molecule has 0 aliphatic heterocycles. The third-order valence-electron chi connectivity index (χ3n) is 4.18. The van der Waals surface area contributed by atoms with Crippen molar-refractivity contribution in [3.63, 3.8) is 0 Å². The molecular formula is C18H24N4O3. The molecule has 0 bridgehead atoms. The average molecular weight is 344 g/mol. The molecule has 25 heavy (non-hydrogen) atoms. The van der Waals surface area contributed by atoms with Crippen LogP contribution in [0, 0.1) is 5.41 Å². The lowest BCUT2D eigenvalue weighted by atomic mass is 10.1. The number of hydrogen-bond acceptors (Lipinski definition) is 5. The lowest BCUT2D eigenvalue weighted by Gasteiger charge is -2.23. The fourth-order valence-electron chi connectivity index (χ4n) is 2.65. The van der Waals surface area contributed by atoms with E-state index in [-0.39, 0.29) is 11.8 Å². The van der Waals surface area contributed by atoms with Crippen LogP contribution in [0.3, 0.4) is 0 Å². The number of nitrogens with one attached hydrogen (secondary N) is 1. The summed E-state index contributed by atoms with van der Waals surface area (Å²) in [6, 6.07) is 3.55. The number of hydrogen-bond donors (Lipinski definition) is 1. The number of aromatic nitrogens is 3. The molecule has 0 saturated heterocycles. The predicted molar refractivity (Wildman–Crippen MR) is 93.2 cm³/mol. The van der Waals surface area contributed by atoms with Gasteiger partial charge < -0.3 is 10.1 Å². The van der Waals surface area contributed by atoms with Crippen molar-refractivity contribution in [2.45, 2.75) is 59.0 Å². The van der Waals surface area contributed by atoms with E-state index in [0.717, 1.165) is 11.5 Å². The minimum atomic E-state index is -1.06. The van der Waals surface area contributed by atoms with Crippen molar-refractivity contribution in [3.05, 3.63) is 24.2 Å². The number of anilines is 1. The van der Waals surface area contributed by atoms with Gasteiger partial charge in [-0.1, -0.05) is 13.8 Å². The summed E-state index contributed by atoms with van der Waals surface area (Å²) >= 11 is 0. The zero-order valence-corrected chi connectivity index (χ0v) is 15.3. The number of fused-ring (bicyclic) bond motifs is 1. The van der Waals surface area contributed by atoms with Crippen molar-refractivity contribution >= 4 is 23.2 Å². The van der Waals surface area contributed by atoms with Crippen LogP contribution in [0.15, 0.2) is 18.3 Å². The van der Waals surface area contributed by atoms with Crippen LogP contribution < -0.4 is 5.32 Å². The van der Waals surface area contributed by atoms with Crippen molar-refractivity contribution in [2.24, 2.45) is 5.41 Å². The Morgan fingerprint density at radius 3 is 2.48 bits per heavy atom. The second-order valence-corrected chi connectivity index (χ2v) is 7.90. The summed E-state index contributed by atoms with van der Waals surface area (Å²) in [5.74, 6) is 0.253. The van der Waals surface area contributed by atoms with Gasteiger partial charge in [-0.2, -0.15) is 0 Å². The van der Waals surface area contributed by atoms with Gasteiger partial charge in [0.1, 0.15) is 16.8 Å². The molecule has 2 aromatic heterocycles. The summed E-state index contributed by atoms with van der Waals surface area (Å²) in [6.45, 7) is 9.46. The third kappa shape index (κ3) is 3.36. The fourth-order valence-corrected chi connectivity index (χ4v) is 2.65. The Kier molecular flexibility index (Phi) is 4.05. The third-order valence-corrected chi connectivity index (χ3v) is 4.18. The SMILES string of the molecule is CC(C)c1nnc2ccc(NC(=O)C3(C(=O)OC(C)(C)C)CC3)cn12. The summed E-state index contributed by atoms with van der Waals surface area (Å²) in [5.41, 5.74) is -0.347. The molecule has 2 aromatic rings. The lowest BCUT2D eigenvalue weighted by molar-refractivity contribution is -0.163. The van der Waals surface area contributed by atoms with Crippen molar-refractivity contribution in [1.82, 2.24) is 14.6 Å². The molecule has 1 fully saturated rings. The first kappa shape index (κ1) is 17.4. The second kappa shape index (κ2) is 5.82. The molecule has 0 atom stereocenters. The lowest BCUT2D eigenvalue weighted by Crippen LogP contribution is -2.37. The Balaban J connectivity index is 1.80. The van der Waals surface area contributed by atoms with Crippen LogP contribution in [0.2, 0.25) is 0 Å². The molecule has 0 aromatic carbocycles. The highest BCUT2D eigenvalue weighted by molar-refractivity contribution is 6.11. The van der Waals surface area contributed by atoms with Crippen molar-refractivity contribution < 1.29 is 14.3 Å². The largest absolute Gasteiger partial charge is 0.459 e. The number of ether oxygens (including phenoxy) is 1. The minimum Gasteiger partial charge on any atom is -0.459 e. The van der Waals surface area contributed by atoms with E-state index < -0.39 is 17.0 Å². The number of carbonyl (C=O) groups is 2. The van der Waals surface area contributed by atoms with Gasteiger partial charge >= 0.3 is 5.97 Å². The molecular weight excluding hydrogens is 320 g/mol. The van der Waals surface area contributed by atoms with Crippen molar-refractivity contribution in [2.75, 3.05) is 5.32 Å². The van der Waals surface area contributed by atoms with Crippen LogP contribution in [-0.4, -0.2) is 32.1 Å². The number of pyridine rings is 1. The van der Waals surface area contributed by atoms with E-state index in [0.29, 0.717) is 18.5 Å². The Hall–Kier alpha value is -2.44. The predicted octanol–water partition coefficient (Wildman–Crippen LogP) is 2.91. The summed E-state index contributed by atoms with van der Waals surface area (Å²) < 4.78 is 7.26. The van der Waals surface area contributed by atoms with Crippen LogP contribution in [0.4, 0.5) is 5.69 Å². The number of esters is 1. The monoisotopic (exact) mass is 344 g/mol. The molecule has 0 unspecified atom stereocenters. The van der Waals surface area contributed by atoms with Gasteiger partial charge in [0.25, 0.3) is 0 Å². The maximum atomic E-state index is 12.7. The molecule has 0 radical (unpaired) electrons. The maximum absolute atomic E-state index is 12.7. The van der Waals surface area contributed by atoms with Crippen LogP contribution in [0.25, 0.3) is 5.65 Å². The number of carbonyl (C=O) groups excluding carboxylic acids is 2. The van der Waals surface area contributed by atoms with E-state index >= 15 is 0 Å². The van der Waals surface area contributed by atoms with E-state index in [1.807, 2.05) is 18.2 Å². The number of nitrogens with zero attached hydrogens (tertiary/aromatic N) is 3.